The summed E-state index contributed by atoms with van der Waals surface area (Å²) < 4.78 is 16.4. The van der Waals surface area contributed by atoms with E-state index in [1.165, 1.54) is 7.11 Å². The van der Waals surface area contributed by atoms with E-state index in [1.807, 2.05) is 43.3 Å². The van der Waals surface area contributed by atoms with Gasteiger partial charge in [-0.05, 0) is 47.5 Å². The second-order valence-corrected chi connectivity index (χ2v) is 6.84. The number of rotatable bonds is 10. The lowest BCUT2D eigenvalue weighted by Crippen LogP contribution is -2.36. The summed E-state index contributed by atoms with van der Waals surface area (Å²) in [4.78, 5) is 23.7. The molecule has 0 radical (unpaired) electrons. The van der Waals surface area contributed by atoms with Crippen LogP contribution in [0.3, 0.4) is 0 Å². The Morgan fingerprint density at radius 2 is 1.74 bits per heavy atom. The Kier molecular flexibility index (Phi) is 7.32. The highest BCUT2D eigenvalue weighted by molar-refractivity contribution is 5.84. The van der Waals surface area contributed by atoms with Gasteiger partial charge in [-0.1, -0.05) is 36.4 Å². The van der Waals surface area contributed by atoms with Crippen LogP contribution in [-0.4, -0.2) is 32.2 Å². The van der Waals surface area contributed by atoms with E-state index in [1.54, 1.807) is 24.3 Å². The van der Waals surface area contributed by atoms with E-state index >= 15 is 0 Å². The van der Waals surface area contributed by atoms with E-state index in [9.17, 15) is 14.7 Å². The minimum Gasteiger partial charge on any atom is -0.550 e. The number of benzene rings is 3. The van der Waals surface area contributed by atoms with Crippen LogP contribution in [0.15, 0.2) is 60.7 Å². The van der Waals surface area contributed by atoms with E-state index in [0.717, 1.165) is 10.8 Å². The fourth-order valence-electron chi connectivity index (χ4n) is 3.24. The molecule has 7 heteroatoms. The average molecular weight is 422 g/mol. The van der Waals surface area contributed by atoms with Crippen molar-refractivity contribution in [3.05, 3.63) is 66.2 Å². The molecule has 1 N–H and O–H groups in total. The van der Waals surface area contributed by atoms with Gasteiger partial charge in [-0.25, -0.2) is 0 Å². The maximum Gasteiger partial charge on any atom is 0.258 e. The van der Waals surface area contributed by atoms with Gasteiger partial charge in [-0.3, -0.25) is 4.79 Å². The third kappa shape index (κ3) is 5.88. The van der Waals surface area contributed by atoms with E-state index < -0.39 is 24.3 Å². The van der Waals surface area contributed by atoms with Crippen molar-refractivity contribution >= 4 is 22.6 Å². The van der Waals surface area contributed by atoms with Crippen molar-refractivity contribution in [1.29, 1.82) is 0 Å². The third-order valence-corrected chi connectivity index (χ3v) is 4.69. The Morgan fingerprint density at radius 3 is 2.45 bits per heavy atom. The SMILES string of the molecule is CCOc1ccc([C@H](CC(=O)[O-])NC(=O)COc2ccc3ccccc3c2)cc1OC. The fraction of sp³-hybridized carbons (Fsp3) is 0.250. The van der Waals surface area contributed by atoms with Crippen molar-refractivity contribution in [3.8, 4) is 17.2 Å². The van der Waals surface area contributed by atoms with Gasteiger partial charge in [0.05, 0.1) is 19.8 Å². The average Bonchev–Trinajstić information content (AvgIpc) is 2.77. The van der Waals surface area contributed by atoms with Gasteiger partial charge >= 0.3 is 0 Å². The van der Waals surface area contributed by atoms with E-state index in [2.05, 4.69) is 5.32 Å². The van der Waals surface area contributed by atoms with Crippen LogP contribution in [0.25, 0.3) is 10.8 Å². The standard InChI is InChI=1S/C24H25NO6/c1-3-30-21-11-9-18(13-22(21)29-2)20(14-24(27)28)25-23(26)15-31-19-10-8-16-6-4-5-7-17(16)12-19/h4-13,20H,3,14-15H2,1-2H3,(H,25,26)(H,27,28)/p-1/t20-/m0/s1. The molecule has 0 saturated heterocycles. The molecule has 1 amide bonds. The summed E-state index contributed by atoms with van der Waals surface area (Å²) in [6, 6.07) is 17.6. The molecule has 162 valence electrons. The highest BCUT2D eigenvalue weighted by Gasteiger charge is 2.18. The smallest absolute Gasteiger partial charge is 0.258 e. The van der Waals surface area contributed by atoms with Crippen molar-refractivity contribution < 1.29 is 28.9 Å². The van der Waals surface area contributed by atoms with Gasteiger partial charge in [0.2, 0.25) is 0 Å². The van der Waals surface area contributed by atoms with Crippen molar-refractivity contribution in [2.45, 2.75) is 19.4 Å². The van der Waals surface area contributed by atoms with Crippen LogP contribution >= 0.6 is 0 Å². The Hall–Kier alpha value is -3.74. The number of carboxylic acids is 1. The number of carboxylic acid groups (broad SMARTS) is 1. The highest BCUT2D eigenvalue weighted by Crippen LogP contribution is 2.31. The normalized spacial score (nSPS) is 11.5. The van der Waals surface area contributed by atoms with Gasteiger partial charge in [-0.2, -0.15) is 0 Å². The molecule has 3 aromatic rings. The number of carbonyl (C=O) groups excluding carboxylic acids is 2. The molecule has 1 atom stereocenters. The predicted molar refractivity (Wildman–Crippen MR) is 114 cm³/mol. The highest BCUT2D eigenvalue weighted by atomic mass is 16.5. The molecule has 0 heterocycles. The number of fused-ring (bicyclic) bond motifs is 1. The molecule has 0 fully saturated rings. The Labute approximate surface area is 180 Å². The second-order valence-electron chi connectivity index (χ2n) is 6.84. The first-order valence-electron chi connectivity index (χ1n) is 9.91. The molecule has 7 nitrogen and oxygen atoms in total. The quantitative estimate of drug-likeness (QED) is 0.540. The van der Waals surface area contributed by atoms with E-state index in [4.69, 9.17) is 14.2 Å². The Morgan fingerprint density at radius 1 is 0.968 bits per heavy atom. The zero-order valence-electron chi connectivity index (χ0n) is 17.4. The Bertz CT molecular complexity index is 1060. The minimum absolute atomic E-state index is 0.254. The number of ether oxygens (including phenoxy) is 3. The van der Waals surface area contributed by atoms with Gasteiger partial charge in [0.25, 0.3) is 5.91 Å². The summed E-state index contributed by atoms with van der Waals surface area (Å²) in [5.74, 6) is -0.204. The van der Waals surface area contributed by atoms with E-state index in [-0.39, 0.29) is 6.61 Å². The number of methoxy groups -OCH3 is 1. The number of hydrogen-bond donors (Lipinski definition) is 1. The molecular formula is C24H24NO6-. The fourth-order valence-corrected chi connectivity index (χ4v) is 3.24. The largest absolute Gasteiger partial charge is 0.550 e. The summed E-state index contributed by atoms with van der Waals surface area (Å²) in [5.41, 5.74) is 0.559. The summed E-state index contributed by atoms with van der Waals surface area (Å²) in [7, 11) is 1.49. The van der Waals surface area contributed by atoms with Crippen LogP contribution in [0.4, 0.5) is 0 Å². The number of nitrogens with one attached hydrogen (secondary N) is 1. The molecule has 0 unspecified atom stereocenters. The zero-order chi connectivity index (χ0) is 22.2. The van der Waals surface area contributed by atoms with Crippen LogP contribution in [0, 0.1) is 0 Å². The summed E-state index contributed by atoms with van der Waals surface area (Å²) in [6.45, 7) is 2.05. The third-order valence-electron chi connectivity index (χ3n) is 4.69. The first-order valence-corrected chi connectivity index (χ1v) is 9.91. The molecule has 0 aliphatic carbocycles. The molecule has 0 aliphatic heterocycles. The number of hydrogen-bond acceptors (Lipinski definition) is 6. The molecule has 0 aromatic heterocycles. The molecule has 0 bridgehead atoms. The van der Waals surface area contributed by atoms with Crippen molar-refractivity contribution in [2.75, 3.05) is 20.3 Å². The molecule has 3 aromatic carbocycles. The monoisotopic (exact) mass is 422 g/mol. The van der Waals surface area contributed by atoms with Crippen LogP contribution in [0.5, 0.6) is 17.2 Å². The maximum absolute atomic E-state index is 12.5. The van der Waals surface area contributed by atoms with Gasteiger partial charge in [-0.15, -0.1) is 0 Å². The predicted octanol–water partition coefficient (Wildman–Crippen LogP) is 2.62. The molecule has 0 spiro atoms. The van der Waals surface area contributed by atoms with Crippen LogP contribution in [0.2, 0.25) is 0 Å². The molecule has 3 rings (SSSR count). The lowest BCUT2D eigenvalue weighted by atomic mass is 10.0. The summed E-state index contributed by atoms with van der Waals surface area (Å²) in [6.07, 6.45) is -0.390. The van der Waals surface area contributed by atoms with E-state index in [0.29, 0.717) is 29.4 Å². The van der Waals surface area contributed by atoms with Crippen molar-refractivity contribution in [2.24, 2.45) is 0 Å². The van der Waals surface area contributed by atoms with Gasteiger partial charge in [0.15, 0.2) is 18.1 Å². The van der Waals surface area contributed by atoms with Gasteiger partial charge in [0, 0.05) is 12.4 Å². The topological polar surface area (TPSA) is 96.9 Å². The molecule has 0 saturated carbocycles. The molecule has 0 aliphatic rings. The minimum atomic E-state index is -1.28. The van der Waals surface area contributed by atoms with Gasteiger partial charge < -0.3 is 29.4 Å². The summed E-state index contributed by atoms with van der Waals surface area (Å²) >= 11 is 0. The molecule has 31 heavy (non-hydrogen) atoms. The van der Waals surface area contributed by atoms with Crippen LogP contribution in [0.1, 0.15) is 24.9 Å². The van der Waals surface area contributed by atoms with Crippen LogP contribution < -0.4 is 24.6 Å². The lowest BCUT2D eigenvalue weighted by molar-refractivity contribution is -0.306. The second kappa shape index (κ2) is 10.3. The zero-order valence-corrected chi connectivity index (χ0v) is 17.4. The number of aliphatic carboxylic acids is 1. The summed E-state index contributed by atoms with van der Waals surface area (Å²) in [5, 5.41) is 16.0. The first-order chi connectivity index (χ1) is 15.0. The maximum atomic E-state index is 12.5. The van der Waals surface area contributed by atoms with Crippen molar-refractivity contribution in [3.63, 3.8) is 0 Å². The Balaban J connectivity index is 1.69. The molecular weight excluding hydrogens is 398 g/mol. The number of carbonyl (C=O) groups is 2. The van der Waals surface area contributed by atoms with Crippen LogP contribution in [-0.2, 0) is 9.59 Å². The number of amides is 1. The first kappa shape index (κ1) is 22.0. The van der Waals surface area contributed by atoms with Crippen molar-refractivity contribution in [1.82, 2.24) is 5.32 Å². The lowest BCUT2D eigenvalue weighted by Gasteiger charge is -2.21. The van der Waals surface area contributed by atoms with Gasteiger partial charge in [0.1, 0.15) is 5.75 Å².